The molecule has 2 aromatic rings. The van der Waals surface area contributed by atoms with Crippen LogP contribution in [-0.4, -0.2) is 62.6 Å². The lowest BCUT2D eigenvalue weighted by Crippen LogP contribution is -2.60. The second-order valence-corrected chi connectivity index (χ2v) is 7.94. The summed E-state index contributed by atoms with van der Waals surface area (Å²) < 4.78 is 7.28. The van der Waals surface area contributed by atoms with Gasteiger partial charge in [0, 0.05) is 26.1 Å². The highest BCUT2D eigenvalue weighted by atomic mass is 16.6. The summed E-state index contributed by atoms with van der Waals surface area (Å²) in [6.45, 7) is 7.12. The summed E-state index contributed by atoms with van der Waals surface area (Å²) in [5, 5.41) is 13.2. The highest BCUT2D eigenvalue weighted by Crippen LogP contribution is 2.38. The average molecular weight is 344 g/mol. The van der Waals surface area contributed by atoms with Crippen LogP contribution < -0.4 is 4.90 Å². The molecule has 1 aliphatic carbocycles. The first kappa shape index (κ1) is 16.1. The third-order valence-electron chi connectivity index (χ3n) is 4.63. The summed E-state index contributed by atoms with van der Waals surface area (Å²) in [6, 6.07) is 4.05. The number of hydrogen-bond donors (Lipinski definition) is 0. The van der Waals surface area contributed by atoms with Gasteiger partial charge in [-0.2, -0.15) is 4.52 Å². The number of carbonyl (C=O) groups is 1. The highest BCUT2D eigenvalue weighted by Gasteiger charge is 2.36. The second-order valence-electron chi connectivity index (χ2n) is 7.94. The van der Waals surface area contributed by atoms with Crippen molar-refractivity contribution in [2.75, 3.05) is 25.0 Å². The zero-order valence-electron chi connectivity index (χ0n) is 15.1. The summed E-state index contributed by atoms with van der Waals surface area (Å²) >= 11 is 0. The number of likely N-dealkylation sites (N-methyl/N-ethyl adjacent to an activating group) is 1. The van der Waals surface area contributed by atoms with E-state index >= 15 is 0 Å². The van der Waals surface area contributed by atoms with Crippen LogP contribution >= 0.6 is 0 Å². The number of nitrogens with zero attached hydrogens (tertiary/aromatic N) is 6. The molecular weight excluding hydrogens is 320 g/mol. The lowest BCUT2D eigenvalue weighted by atomic mass is 10.1. The van der Waals surface area contributed by atoms with Crippen molar-refractivity contribution >= 4 is 17.6 Å². The summed E-state index contributed by atoms with van der Waals surface area (Å²) in [4.78, 5) is 16.0. The first-order valence-corrected chi connectivity index (χ1v) is 8.75. The normalized spacial score (nSPS) is 18.3. The molecule has 1 aliphatic heterocycles. The topological polar surface area (TPSA) is 75.9 Å². The lowest BCUT2D eigenvalue weighted by molar-refractivity contribution is 0.0196. The number of ether oxygens (including phenoxy) is 1. The Balaban J connectivity index is 1.42. The largest absolute Gasteiger partial charge is 0.444 e. The second kappa shape index (κ2) is 5.57. The van der Waals surface area contributed by atoms with E-state index in [9.17, 15) is 4.79 Å². The average Bonchev–Trinajstić information content (AvgIpc) is 3.23. The van der Waals surface area contributed by atoms with Gasteiger partial charge in [-0.25, -0.2) is 4.79 Å². The fourth-order valence-corrected chi connectivity index (χ4v) is 2.93. The van der Waals surface area contributed by atoms with E-state index in [0.717, 1.165) is 30.4 Å². The molecule has 0 atom stereocenters. The van der Waals surface area contributed by atoms with E-state index in [2.05, 4.69) is 15.1 Å². The fraction of sp³-hybridized carbons (Fsp3) is 0.647. The van der Waals surface area contributed by atoms with Gasteiger partial charge < -0.3 is 14.5 Å². The van der Waals surface area contributed by atoms with Crippen molar-refractivity contribution in [2.45, 2.75) is 51.2 Å². The van der Waals surface area contributed by atoms with E-state index in [-0.39, 0.29) is 12.1 Å². The summed E-state index contributed by atoms with van der Waals surface area (Å²) in [6.07, 6.45) is 2.05. The smallest absolute Gasteiger partial charge is 0.410 e. The molecule has 2 aliphatic rings. The molecule has 4 rings (SSSR count). The van der Waals surface area contributed by atoms with Crippen molar-refractivity contribution in [3.05, 3.63) is 18.0 Å². The molecule has 8 heteroatoms. The van der Waals surface area contributed by atoms with Crippen molar-refractivity contribution in [3.63, 3.8) is 0 Å². The van der Waals surface area contributed by atoms with Gasteiger partial charge in [0.1, 0.15) is 11.4 Å². The Morgan fingerprint density at radius 3 is 2.60 bits per heavy atom. The minimum Gasteiger partial charge on any atom is -0.444 e. The van der Waals surface area contributed by atoms with Gasteiger partial charge in [0.15, 0.2) is 11.5 Å². The molecule has 134 valence electrons. The van der Waals surface area contributed by atoms with Gasteiger partial charge in [-0.3, -0.25) is 0 Å². The van der Waals surface area contributed by atoms with Crippen LogP contribution in [0, 0.1) is 0 Å². The molecule has 0 bridgehead atoms. The van der Waals surface area contributed by atoms with Crippen molar-refractivity contribution in [2.24, 2.45) is 0 Å². The van der Waals surface area contributed by atoms with Crippen LogP contribution in [-0.2, 0) is 4.74 Å². The van der Waals surface area contributed by atoms with Gasteiger partial charge in [-0.15, -0.1) is 15.3 Å². The maximum Gasteiger partial charge on any atom is 0.410 e. The molecule has 8 nitrogen and oxygen atoms in total. The number of fused-ring (bicyclic) bond motifs is 1. The van der Waals surface area contributed by atoms with E-state index in [4.69, 9.17) is 9.84 Å². The third-order valence-corrected chi connectivity index (χ3v) is 4.63. The van der Waals surface area contributed by atoms with E-state index in [1.807, 2.05) is 37.4 Å². The molecule has 0 aromatic carbocycles. The monoisotopic (exact) mass is 344 g/mol. The van der Waals surface area contributed by atoms with E-state index in [1.54, 1.807) is 11.9 Å². The molecule has 0 unspecified atom stereocenters. The number of carbonyl (C=O) groups excluding carboxylic acids is 1. The van der Waals surface area contributed by atoms with Crippen LogP contribution in [0.5, 0.6) is 0 Å². The number of anilines is 1. The first-order chi connectivity index (χ1) is 11.8. The Kier molecular flexibility index (Phi) is 3.59. The molecule has 3 heterocycles. The molecule has 0 spiro atoms. The van der Waals surface area contributed by atoms with Crippen LogP contribution in [0.4, 0.5) is 10.6 Å². The zero-order chi connectivity index (χ0) is 17.8. The lowest BCUT2D eigenvalue weighted by Gasteiger charge is -2.44. The molecule has 2 fully saturated rings. The van der Waals surface area contributed by atoms with Crippen molar-refractivity contribution in [1.82, 2.24) is 24.7 Å². The third kappa shape index (κ3) is 3.12. The molecule has 0 N–H and O–H groups in total. The van der Waals surface area contributed by atoms with Crippen LogP contribution in [0.15, 0.2) is 12.1 Å². The maximum atomic E-state index is 12.2. The SMILES string of the molecule is CN(C(=O)OC(C)(C)C)C1CN(c2ccc3nnc(C4CC4)n3n2)C1. The Bertz CT molecular complexity index is 801. The maximum absolute atomic E-state index is 12.2. The van der Waals surface area contributed by atoms with Crippen molar-refractivity contribution in [3.8, 4) is 0 Å². The zero-order valence-corrected chi connectivity index (χ0v) is 15.1. The predicted molar refractivity (Wildman–Crippen MR) is 92.8 cm³/mol. The highest BCUT2D eigenvalue weighted by molar-refractivity contribution is 5.69. The first-order valence-electron chi connectivity index (χ1n) is 8.75. The Labute approximate surface area is 146 Å². The standard InChI is InChI=1S/C17H24N6O2/c1-17(2,3)25-16(24)21(4)12-9-22(10-12)14-8-7-13-18-19-15(11-5-6-11)23(13)20-14/h7-8,11-12H,5-6,9-10H2,1-4H3. The van der Waals surface area contributed by atoms with Gasteiger partial charge in [0.2, 0.25) is 0 Å². The molecule has 1 saturated carbocycles. The van der Waals surface area contributed by atoms with E-state index in [1.165, 1.54) is 12.8 Å². The molecule has 2 aromatic heterocycles. The minimum absolute atomic E-state index is 0.135. The number of aromatic nitrogens is 4. The number of rotatable bonds is 3. The number of hydrogen-bond acceptors (Lipinski definition) is 6. The number of amides is 1. The van der Waals surface area contributed by atoms with Crippen LogP contribution in [0.1, 0.15) is 45.4 Å². The van der Waals surface area contributed by atoms with Crippen LogP contribution in [0.2, 0.25) is 0 Å². The summed E-state index contributed by atoms with van der Waals surface area (Å²) in [5.41, 5.74) is 0.309. The van der Waals surface area contributed by atoms with Gasteiger partial charge in [0.25, 0.3) is 0 Å². The fourth-order valence-electron chi connectivity index (χ4n) is 2.93. The van der Waals surface area contributed by atoms with Crippen molar-refractivity contribution < 1.29 is 9.53 Å². The van der Waals surface area contributed by atoms with Gasteiger partial charge in [0.05, 0.1) is 6.04 Å². The predicted octanol–water partition coefficient (Wildman–Crippen LogP) is 2.06. The summed E-state index contributed by atoms with van der Waals surface area (Å²) in [5.74, 6) is 2.35. The van der Waals surface area contributed by atoms with Gasteiger partial charge in [-0.1, -0.05) is 0 Å². The molecule has 1 amide bonds. The van der Waals surface area contributed by atoms with Crippen LogP contribution in [0.3, 0.4) is 0 Å². The molecular formula is C17H24N6O2. The Morgan fingerprint density at radius 1 is 1.24 bits per heavy atom. The molecule has 0 radical (unpaired) electrons. The van der Waals surface area contributed by atoms with Gasteiger partial charge >= 0.3 is 6.09 Å². The minimum atomic E-state index is -0.477. The summed E-state index contributed by atoms with van der Waals surface area (Å²) in [7, 11) is 1.79. The van der Waals surface area contributed by atoms with Gasteiger partial charge in [-0.05, 0) is 45.7 Å². The Morgan fingerprint density at radius 2 is 1.96 bits per heavy atom. The van der Waals surface area contributed by atoms with Crippen molar-refractivity contribution in [1.29, 1.82) is 0 Å². The van der Waals surface area contributed by atoms with E-state index < -0.39 is 5.60 Å². The molecule has 25 heavy (non-hydrogen) atoms. The molecule has 1 saturated heterocycles. The van der Waals surface area contributed by atoms with Crippen LogP contribution in [0.25, 0.3) is 5.65 Å². The van der Waals surface area contributed by atoms with E-state index in [0.29, 0.717) is 5.92 Å². The Hall–Kier alpha value is -2.38. The quantitative estimate of drug-likeness (QED) is 0.848.